The van der Waals surface area contributed by atoms with Gasteiger partial charge in [-0.05, 0) is 24.8 Å². The lowest BCUT2D eigenvalue weighted by Crippen LogP contribution is -2.06. The molecule has 0 radical (unpaired) electrons. The maximum Gasteiger partial charge on any atom is 0.287 e. The van der Waals surface area contributed by atoms with Crippen LogP contribution in [0.4, 0.5) is 5.69 Å². The molecule has 1 aliphatic carbocycles. The molecule has 5 heteroatoms. The first-order valence-electron chi connectivity index (χ1n) is 4.90. The number of rotatable bonds is 4. The first-order chi connectivity index (χ1) is 7.16. The summed E-state index contributed by atoms with van der Waals surface area (Å²) < 4.78 is 0. The van der Waals surface area contributed by atoms with Crippen LogP contribution in [0.5, 0.6) is 0 Å². The lowest BCUT2D eigenvalue weighted by Gasteiger charge is -2.06. The number of hydrogen-bond donors (Lipinski definition) is 0. The Bertz CT molecular complexity index is 362. The normalized spacial score (nSPS) is 17.4. The first kappa shape index (κ1) is 10.5. The highest BCUT2D eigenvalue weighted by molar-refractivity contribution is 9.09. The topological polar surface area (TPSA) is 56.0 Å². The summed E-state index contributed by atoms with van der Waals surface area (Å²) >= 11 is 3.61. The maximum absolute atomic E-state index is 10.4. The van der Waals surface area contributed by atoms with Crippen LogP contribution in [0.1, 0.15) is 18.5 Å². The van der Waals surface area contributed by atoms with Crippen LogP contribution in [0.15, 0.2) is 18.3 Å². The minimum Gasteiger partial charge on any atom is -0.258 e. The van der Waals surface area contributed by atoms with Crippen LogP contribution in [0.25, 0.3) is 0 Å². The van der Waals surface area contributed by atoms with Crippen molar-refractivity contribution in [1.82, 2.24) is 4.98 Å². The Labute approximate surface area is 96.0 Å². The molecule has 1 saturated carbocycles. The quantitative estimate of drug-likeness (QED) is 0.480. The van der Waals surface area contributed by atoms with Crippen LogP contribution < -0.4 is 0 Å². The second kappa shape index (κ2) is 4.26. The van der Waals surface area contributed by atoms with E-state index in [1.807, 2.05) is 0 Å². The molecule has 0 aromatic carbocycles. The van der Waals surface area contributed by atoms with Crippen LogP contribution in [-0.4, -0.2) is 14.7 Å². The van der Waals surface area contributed by atoms with Crippen LogP contribution >= 0.6 is 15.9 Å². The lowest BCUT2D eigenvalue weighted by molar-refractivity contribution is -0.385. The van der Waals surface area contributed by atoms with E-state index in [-0.39, 0.29) is 5.69 Å². The summed E-state index contributed by atoms with van der Waals surface area (Å²) in [6.45, 7) is 0. The summed E-state index contributed by atoms with van der Waals surface area (Å²) in [5, 5.41) is 10.4. The SMILES string of the molecule is O=[N+]([O-])c1ccc(CC(Br)C2CC2)nc1. The Kier molecular flexibility index (Phi) is 3.00. The molecule has 0 saturated heterocycles. The summed E-state index contributed by atoms with van der Waals surface area (Å²) in [5.41, 5.74) is 0.964. The Hall–Kier alpha value is -0.970. The van der Waals surface area contributed by atoms with Crippen molar-refractivity contribution >= 4 is 21.6 Å². The van der Waals surface area contributed by atoms with Crippen LogP contribution in [0, 0.1) is 16.0 Å². The summed E-state index contributed by atoms with van der Waals surface area (Å²) in [6.07, 6.45) is 4.73. The molecule has 0 N–H and O–H groups in total. The van der Waals surface area contributed by atoms with Crippen molar-refractivity contribution in [3.05, 3.63) is 34.1 Å². The molecule has 1 aromatic heterocycles. The molecule has 1 unspecified atom stereocenters. The van der Waals surface area contributed by atoms with Crippen molar-refractivity contribution in [3.63, 3.8) is 0 Å². The van der Waals surface area contributed by atoms with Gasteiger partial charge in [0.05, 0.1) is 4.92 Å². The van der Waals surface area contributed by atoms with Crippen molar-refractivity contribution in [2.45, 2.75) is 24.1 Å². The molecule has 1 atom stereocenters. The fourth-order valence-electron chi connectivity index (χ4n) is 1.47. The zero-order valence-corrected chi connectivity index (χ0v) is 9.68. The highest BCUT2D eigenvalue weighted by Crippen LogP contribution is 2.37. The van der Waals surface area contributed by atoms with Crippen molar-refractivity contribution < 1.29 is 4.92 Å². The molecule has 4 nitrogen and oxygen atoms in total. The third kappa shape index (κ3) is 2.75. The van der Waals surface area contributed by atoms with Gasteiger partial charge in [0.1, 0.15) is 6.20 Å². The number of hydrogen-bond acceptors (Lipinski definition) is 3. The van der Waals surface area contributed by atoms with E-state index in [9.17, 15) is 10.1 Å². The predicted octanol–water partition coefficient (Wildman–Crippen LogP) is 2.71. The second-order valence-electron chi connectivity index (χ2n) is 3.82. The summed E-state index contributed by atoms with van der Waals surface area (Å²) in [6, 6.07) is 3.24. The van der Waals surface area contributed by atoms with Gasteiger partial charge in [-0.3, -0.25) is 15.1 Å². The van der Waals surface area contributed by atoms with E-state index < -0.39 is 4.92 Å². The molecule has 15 heavy (non-hydrogen) atoms. The molecule has 80 valence electrons. The van der Waals surface area contributed by atoms with E-state index in [4.69, 9.17) is 0 Å². The summed E-state index contributed by atoms with van der Waals surface area (Å²) in [4.78, 5) is 14.5. The number of aromatic nitrogens is 1. The van der Waals surface area contributed by atoms with Gasteiger partial charge in [-0.2, -0.15) is 0 Å². The fourth-order valence-corrected chi connectivity index (χ4v) is 2.33. The van der Waals surface area contributed by atoms with Gasteiger partial charge in [0.2, 0.25) is 0 Å². The maximum atomic E-state index is 10.4. The van der Waals surface area contributed by atoms with Gasteiger partial charge < -0.3 is 0 Å². The van der Waals surface area contributed by atoms with E-state index >= 15 is 0 Å². The number of alkyl halides is 1. The fraction of sp³-hybridized carbons (Fsp3) is 0.500. The zero-order valence-electron chi connectivity index (χ0n) is 8.10. The highest BCUT2D eigenvalue weighted by atomic mass is 79.9. The highest BCUT2D eigenvalue weighted by Gasteiger charge is 2.29. The number of halogens is 1. The molecule has 1 aliphatic rings. The molecule has 0 aliphatic heterocycles. The summed E-state index contributed by atoms with van der Waals surface area (Å²) in [5.74, 6) is 0.766. The molecule has 1 fully saturated rings. The van der Waals surface area contributed by atoms with Gasteiger partial charge in [-0.1, -0.05) is 15.9 Å². The predicted molar refractivity (Wildman–Crippen MR) is 60.0 cm³/mol. The largest absolute Gasteiger partial charge is 0.287 e. The molecule has 0 bridgehead atoms. The van der Waals surface area contributed by atoms with Gasteiger partial charge in [-0.15, -0.1) is 0 Å². The lowest BCUT2D eigenvalue weighted by atomic mass is 10.1. The number of pyridine rings is 1. The standard InChI is InChI=1S/C10H11BrN2O2/c11-10(7-1-2-7)5-8-3-4-9(6-12-8)13(14)15/h3-4,6-7,10H,1-2,5H2. The molecule has 1 heterocycles. The third-order valence-electron chi connectivity index (χ3n) is 2.56. The van der Waals surface area contributed by atoms with Crippen LogP contribution in [-0.2, 0) is 6.42 Å². The van der Waals surface area contributed by atoms with E-state index in [2.05, 4.69) is 20.9 Å². The second-order valence-corrected chi connectivity index (χ2v) is 5.00. The zero-order chi connectivity index (χ0) is 10.8. The Balaban J connectivity index is 1.99. The smallest absolute Gasteiger partial charge is 0.258 e. The van der Waals surface area contributed by atoms with Crippen molar-refractivity contribution in [1.29, 1.82) is 0 Å². The Morgan fingerprint density at radius 2 is 2.33 bits per heavy atom. The number of nitrogens with zero attached hydrogens (tertiary/aromatic N) is 2. The van der Waals surface area contributed by atoms with E-state index in [0.29, 0.717) is 4.83 Å². The number of nitro groups is 1. The molecule has 2 rings (SSSR count). The molecular formula is C10H11BrN2O2. The average Bonchev–Trinajstić information content (AvgIpc) is 3.01. The van der Waals surface area contributed by atoms with Crippen LogP contribution in [0.3, 0.4) is 0 Å². The molecule has 0 amide bonds. The van der Waals surface area contributed by atoms with E-state index in [0.717, 1.165) is 18.0 Å². The molecular weight excluding hydrogens is 260 g/mol. The van der Waals surface area contributed by atoms with E-state index in [1.54, 1.807) is 6.07 Å². The van der Waals surface area contributed by atoms with Gasteiger partial charge in [0, 0.05) is 23.0 Å². The average molecular weight is 271 g/mol. The monoisotopic (exact) mass is 270 g/mol. The van der Waals surface area contributed by atoms with Gasteiger partial charge >= 0.3 is 0 Å². The van der Waals surface area contributed by atoms with Crippen LogP contribution in [0.2, 0.25) is 0 Å². The summed E-state index contributed by atoms with van der Waals surface area (Å²) in [7, 11) is 0. The van der Waals surface area contributed by atoms with Gasteiger partial charge in [-0.25, -0.2) is 0 Å². The van der Waals surface area contributed by atoms with E-state index in [1.165, 1.54) is 25.1 Å². The Morgan fingerprint density at radius 1 is 1.60 bits per heavy atom. The molecule has 1 aromatic rings. The molecule has 0 spiro atoms. The van der Waals surface area contributed by atoms with Gasteiger partial charge in [0.15, 0.2) is 0 Å². The third-order valence-corrected chi connectivity index (χ3v) is 3.63. The van der Waals surface area contributed by atoms with Gasteiger partial charge in [0.25, 0.3) is 5.69 Å². The van der Waals surface area contributed by atoms with Crippen molar-refractivity contribution in [2.75, 3.05) is 0 Å². The Morgan fingerprint density at radius 3 is 2.80 bits per heavy atom. The van der Waals surface area contributed by atoms with Crippen molar-refractivity contribution in [2.24, 2.45) is 5.92 Å². The minimum absolute atomic E-state index is 0.0521. The minimum atomic E-state index is -0.427. The first-order valence-corrected chi connectivity index (χ1v) is 5.82. The van der Waals surface area contributed by atoms with Crippen molar-refractivity contribution in [3.8, 4) is 0 Å².